The van der Waals surface area contributed by atoms with Crippen LogP contribution in [0.15, 0.2) is 70.9 Å². The van der Waals surface area contributed by atoms with Gasteiger partial charge in [0.05, 0.1) is 5.57 Å². The number of carbonyl (C=O) groups excluding carboxylic acids is 2. The Hall–Kier alpha value is -2.22. The Bertz CT molecular complexity index is 598. The van der Waals surface area contributed by atoms with Crippen LogP contribution in [0.25, 0.3) is 0 Å². The number of carbonyl (C=O) groups is 2. The zero-order valence-electron chi connectivity index (χ0n) is 11.6. The maximum Gasteiger partial charge on any atom is 0.163 e. The van der Waals surface area contributed by atoms with Gasteiger partial charge in [0.15, 0.2) is 11.6 Å². The van der Waals surface area contributed by atoms with Crippen LogP contribution in [-0.4, -0.2) is 11.6 Å². The van der Waals surface area contributed by atoms with Crippen molar-refractivity contribution in [2.24, 2.45) is 11.8 Å². The molecule has 0 radical (unpaired) electrons. The van der Waals surface area contributed by atoms with E-state index in [0.29, 0.717) is 5.57 Å². The largest absolute Gasteiger partial charge is 0.294 e. The number of rotatable bonds is 4. The molecule has 0 spiro atoms. The first kappa shape index (κ1) is 12.8. The van der Waals surface area contributed by atoms with E-state index in [4.69, 9.17) is 0 Å². The highest BCUT2D eigenvalue weighted by atomic mass is 16.1. The number of hydrogen-bond donors (Lipinski definition) is 0. The molecule has 100 valence electrons. The Labute approximate surface area is 118 Å². The summed E-state index contributed by atoms with van der Waals surface area (Å²) in [6, 6.07) is 0. The number of hydrogen-bond acceptors (Lipinski definition) is 2. The predicted molar refractivity (Wildman–Crippen MR) is 79.0 cm³/mol. The third-order valence-electron chi connectivity index (χ3n) is 3.88. The molecule has 0 aliphatic heterocycles. The summed E-state index contributed by atoms with van der Waals surface area (Å²) in [6.07, 6.45) is 16.4. The maximum atomic E-state index is 11.8. The van der Waals surface area contributed by atoms with Crippen molar-refractivity contribution < 1.29 is 9.59 Å². The molecule has 20 heavy (non-hydrogen) atoms. The van der Waals surface area contributed by atoms with Gasteiger partial charge in [-0.05, 0) is 30.6 Å². The summed E-state index contributed by atoms with van der Waals surface area (Å²) in [5.41, 5.74) is 3.55. The zero-order chi connectivity index (χ0) is 14.3. The second-order valence-electron chi connectivity index (χ2n) is 5.28. The van der Waals surface area contributed by atoms with Crippen LogP contribution in [-0.2, 0) is 9.59 Å². The summed E-state index contributed by atoms with van der Waals surface area (Å²) in [6.45, 7) is 2.94. The molecule has 3 aliphatic carbocycles. The Morgan fingerprint density at radius 3 is 1.40 bits per heavy atom. The van der Waals surface area contributed by atoms with Gasteiger partial charge in [-0.2, -0.15) is 0 Å². The summed E-state index contributed by atoms with van der Waals surface area (Å²) < 4.78 is 0. The molecule has 0 saturated carbocycles. The Morgan fingerprint density at radius 2 is 1.10 bits per heavy atom. The van der Waals surface area contributed by atoms with Crippen molar-refractivity contribution in [2.45, 2.75) is 13.8 Å². The lowest BCUT2D eigenvalue weighted by Gasteiger charge is -2.02. The fourth-order valence-electron chi connectivity index (χ4n) is 3.03. The summed E-state index contributed by atoms with van der Waals surface area (Å²) >= 11 is 0. The molecule has 0 saturated heterocycles. The Morgan fingerprint density at radius 1 is 0.750 bits per heavy atom. The average Bonchev–Trinajstić information content (AvgIpc) is 2.87. The van der Waals surface area contributed by atoms with Crippen LogP contribution < -0.4 is 0 Å². The van der Waals surface area contributed by atoms with E-state index in [1.165, 1.54) is 13.8 Å². The molecule has 0 aromatic rings. The van der Waals surface area contributed by atoms with Gasteiger partial charge in [-0.3, -0.25) is 9.59 Å². The van der Waals surface area contributed by atoms with Crippen LogP contribution >= 0.6 is 0 Å². The molecule has 0 aromatic carbocycles. The third-order valence-corrected chi connectivity index (χ3v) is 3.88. The minimum absolute atomic E-state index is 0.142. The summed E-state index contributed by atoms with van der Waals surface area (Å²) in [5, 5.41) is 0. The Kier molecular flexibility index (Phi) is 3.01. The van der Waals surface area contributed by atoms with E-state index in [2.05, 4.69) is 24.3 Å². The molecule has 0 N–H and O–H groups in total. The number of Topliss-reactive ketones (excluding diaryl/α,β-unsaturated/α-hetero) is 2. The molecule has 0 unspecified atom stereocenters. The van der Waals surface area contributed by atoms with Gasteiger partial charge in [0.2, 0.25) is 0 Å². The molecule has 0 amide bonds. The first-order chi connectivity index (χ1) is 9.61. The van der Waals surface area contributed by atoms with Gasteiger partial charge in [-0.15, -0.1) is 0 Å². The Balaban J connectivity index is 2.07. The smallest absolute Gasteiger partial charge is 0.163 e. The van der Waals surface area contributed by atoms with Gasteiger partial charge < -0.3 is 0 Å². The maximum absolute atomic E-state index is 11.8. The van der Waals surface area contributed by atoms with Crippen molar-refractivity contribution in [3.05, 3.63) is 70.9 Å². The lowest BCUT2D eigenvalue weighted by molar-refractivity contribution is -0.119. The summed E-state index contributed by atoms with van der Waals surface area (Å²) in [4.78, 5) is 23.6. The van der Waals surface area contributed by atoms with Gasteiger partial charge in [-0.1, -0.05) is 48.6 Å². The first-order valence-electron chi connectivity index (χ1n) is 6.82. The summed E-state index contributed by atoms with van der Waals surface area (Å²) in [5.74, 6) is 0.126. The SMILES string of the molecule is CC(=O)C(C(C)=O)=C1C(C2C=CC=C2)=C1C1C=CC=C1. The van der Waals surface area contributed by atoms with Crippen LogP contribution in [0.5, 0.6) is 0 Å². The highest BCUT2D eigenvalue weighted by molar-refractivity contribution is 6.21. The highest BCUT2D eigenvalue weighted by Gasteiger charge is 2.41. The normalized spacial score (nSPS) is 20.4. The van der Waals surface area contributed by atoms with Crippen molar-refractivity contribution in [3.63, 3.8) is 0 Å². The molecule has 0 heterocycles. The van der Waals surface area contributed by atoms with Crippen LogP contribution in [0.2, 0.25) is 0 Å². The predicted octanol–water partition coefficient (Wildman–Crippen LogP) is 3.26. The quantitative estimate of drug-likeness (QED) is 0.444. The molecule has 3 rings (SSSR count). The van der Waals surface area contributed by atoms with Crippen LogP contribution in [0, 0.1) is 11.8 Å². The van der Waals surface area contributed by atoms with Crippen molar-refractivity contribution in [3.8, 4) is 0 Å². The van der Waals surface area contributed by atoms with E-state index in [1.807, 2.05) is 24.3 Å². The van der Waals surface area contributed by atoms with Gasteiger partial charge >= 0.3 is 0 Å². The standard InChI is InChI=1S/C18H16O2/c1-11(19)15(12(2)20)18-16(13-7-3-4-8-13)17(18)14-9-5-6-10-14/h3-10,13-14H,1-2H3. The van der Waals surface area contributed by atoms with E-state index in [9.17, 15) is 9.59 Å². The van der Waals surface area contributed by atoms with Crippen molar-refractivity contribution >= 4 is 11.6 Å². The van der Waals surface area contributed by atoms with E-state index < -0.39 is 0 Å². The molecule has 2 nitrogen and oxygen atoms in total. The second-order valence-corrected chi connectivity index (χ2v) is 5.28. The van der Waals surface area contributed by atoms with Crippen LogP contribution in [0.3, 0.4) is 0 Å². The molecular weight excluding hydrogens is 248 g/mol. The first-order valence-corrected chi connectivity index (χ1v) is 6.82. The summed E-state index contributed by atoms with van der Waals surface area (Å²) in [7, 11) is 0. The zero-order valence-corrected chi connectivity index (χ0v) is 11.6. The number of ketones is 2. The van der Waals surface area contributed by atoms with Gasteiger partial charge in [0, 0.05) is 11.8 Å². The van der Waals surface area contributed by atoms with Crippen LogP contribution in [0.1, 0.15) is 13.8 Å². The van der Waals surface area contributed by atoms with E-state index in [0.717, 1.165) is 16.7 Å². The van der Waals surface area contributed by atoms with Gasteiger partial charge in [0.25, 0.3) is 0 Å². The lowest BCUT2D eigenvalue weighted by Crippen LogP contribution is -2.08. The highest BCUT2D eigenvalue weighted by Crippen LogP contribution is 2.52. The van der Waals surface area contributed by atoms with Gasteiger partial charge in [0.1, 0.15) is 0 Å². The molecular formula is C18H16O2. The molecule has 0 fully saturated rings. The molecule has 2 heteroatoms. The second kappa shape index (κ2) is 4.71. The molecule has 0 bridgehead atoms. The van der Waals surface area contributed by atoms with Crippen molar-refractivity contribution in [1.82, 2.24) is 0 Å². The third kappa shape index (κ3) is 1.97. The van der Waals surface area contributed by atoms with E-state index in [-0.39, 0.29) is 23.4 Å². The molecule has 3 aliphatic rings. The fourth-order valence-corrected chi connectivity index (χ4v) is 3.03. The van der Waals surface area contributed by atoms with Crippen molar-refractivity contribution in [2.75, 3.05) is 0 Å². The van der Waals surface area contributed by atoms with E-state index >= 15 is 0 Å². The topological polar surface area (TPSA) is 34.1 Å². The van der Waals surface area contributed by atoms with Gasteiger partial charge in [-0.25, -0.2) is 0 Å². The monoisotopic (exact) mass is 264 g/mol. The average molecular weight is 264 g/mol. The van der Waals surface area contributed by atoms with Crippen molar-refractivity contribution in [1.29, 1.82) is 0 Å². The fraction of sp³-hybridized carbons (Fsp3) is 0.222. The molecule has 0 atom stereocenters. The minimum atomic E-state index is -0.142. The lowest BCUT2D eigenvalue weighted by atomic mass is 10.00. The molecule has 0 aromatic heterocycles. The number of allylic oxidation sites excluding steroid dienone is 12. The minimum Gasteiger partial charge on any atom is -0.294 e. The van der Waals surface area contributed by atoms with Crippen LogP contribution in [0.4, 0.5) is 0 Å². The van der Waals surface area contributed by atoms with E-state index in [1.54, 1.807) is 0 Å².